The fourth-order valence-corrected chi connectivity index (χ4v) is 0.962. The lowest BCUT2D eigenvalue weighted by Crippen LogP contribution is -1.79. The minimum absolute atomic E-state index is 0.816. The molecule has 0 radical (unpaired) electrons. The van der Waals surface area contributed by atoms with Crippen LogP contribution >= 0.6 is 0 Å². The highest BCUT2D eigenvalue weighted by Gasteiger charge is 1.88. The van der Waals surface area contributed by atoms with Gasteiger partial charge in [0.2, 0.25) is 0 Å². The lowest BCUT2D eigenvalue weighted by molar-refractivity contribution is -0.104. The second kappa shape index (κ2) is 7.53. The molecule has 0 unspecified atom stereocenters. The molecule has 0 saturated heterocycles. The minimum atomic E-state index is 0.816. The lowest BCUT2D eigenvalue weighted by atomic mass is 10.1. The van der Waals surface area contributed by atoms with Crippen LogP contribution in [-0.2, 0) is 4.79 Å². The predicted octanol–water partition coefficient (Wildman–Crippen LogP) is 3.43. The van der Waals surface area contributed by atoms with Crippen LogP contribution in [0.15, 0.2) is 36.0 Å². The van der Waals surface area contributed by atoms with Gasteiger partial charge in [0.25, 0.3) is 0 Å². The maximum Gasteiger partial charge on any atom is 0.145 e. The summed E-state index contributed by atoms with van der Waals surface area (Å²) >= 11 is 0. The van der Waals surface area contributed by atoms with Crippen LogP contribution in [0.4, 0.5) is 0 Å². The number of carbonyl (C=O) groups excluding carboxylic acids is 1. The normalized spacial score (nSPS) is 12.8. The molecule has 0 aromatic carbocycles. The molecule has 0 amide bonds. The van der Waals surface area contributed by atoms with Crippen molar-refractivity contribution in [2.45, 2.75) is 33.1 Å². The van der Waals surface area contributed by atoms with Gasteiger partial charge in [-0.3, -0.25) is 4.79 Å². The summed E-state index contributed by atoms with van der Waals surface area (Å²) in [5, 5.41) is 0. The molecule has 0 heterocycles. The molecule has 0 fully saturated rings. The largest absolute Gasteiger partial charge is 0.298 e. The standard InChI is InChI=1S/C12H18O/c1-4-5-7-11(2)8-6-9-12(3)10-13/h4,7,9-10H,1,5-6,8H2,2-3H3/b11-7+,12-9+. The monoisotopic (exact) mass is 178 g/mol. The molecule has 0 aromatic heterocycles. The summed E-state index contributed by atoms with van der Waals surface area (Å²) in [4.78, 5) is 10.3. The number of carbonyl (C=O) groups is 1. The Bertz CT molecular complexity index is 221. The molecule has 1 nitrogen and oxygen atoms in total. The lowest BCUT2D eigenvalue weighted by Gasteiger charge is -1.96. The van der Waals surface area contributed by atoms with Crippen molar-refractivity contribution in [3.8, 4) is 0 Å². The summed E-state index contributed by atoms with van der Waals surface area (Å²) in [7, 11) is 0. The molecule has 0 aliphatic rings. The van der Waals surface area contributed by atoms with Crippen LogP contribution in [0.25, 0.3) is 0 Å². The van der Waals surface area contributed by atoms with Gasteiger partial charge in [0.15, 0.2) is 0 Å². The Morgan fingerprint density at radius 3 is 2.54 bits per heavy atom. The van der Waals surface area contributed by atoms with Crippen LogP contribution in [0.5, 0.6) is 0 Å². The van der Waals surface area contributed by atoms with Crippen LogP contribution in [0.3, 0.4) is 0 Å². The molecule has 0 N–H and O–H groups in total. The maximum atomic E-state index is 10.3. The number of hydrogen-bond donors (Lipinski definition) is 0. The van der Waals surface area contributed by atoms with E-state index in [1.165, 1.54) is 5.57 Å². The first-order valence-corrected chi connectivity index (χ1v) is 4.59. The molecule has 13 heavy (non-hydrogen) atoms. The Morgan fingerprint density at radius 2 is 2.00 bits per heavy atom. The number of hydrogen-bond acceptors (Lipinski definition) is 1. The van der Waals surface area contributed by atoms with E-state index in [0.29, 0.717) is 0 Å². The Hall–Kier alpha value is -1.11. The van der Waals surface area contributed by atoms with Gasteiger partial charge >= 0.3 is 0 Å². The van der Waals surface area contributed by atoms with Crippen molar-refractivity contribution in [2.75, 3.05) is 0 Å². The first-order chi connectivity index (χ1) is 6.20. The molecular formula is C12H18O. The van der Waals surface area contributed by atoms with E-state index in [0.717, 1.165) is 31.1 Å². The predicted molar refractivity (Wildman–Crippen MR) is 57.6 cm³/mol. The molecule has 0 spiro atoms. The van der Waals surface area contributed by atoms with Crippen molar-refractivity contribution in [1.29, 1.82) is 0 Å². The van der Waals surface area contributed by atoms with Crippen molar-refractivity contribution in [3.05, 3.63) is 36.0 Å². The SMILES string of the molecule is C=CC/C=C(\C)CC/C=C(\C)C=O. The van der Waals surface area contributed by atoms with E-state index in [4.69, 9.17) is 0 Å². The van der Waals surface area contributed by atoms with Gasteiger partial charge in [0, 0.05) is 0 Å². The van der Waals surface area contributed by atoms with Gasteiger partial charge in [-0.05, 0) is 38.7 Å². The highest BCUT2D eigenvalue weighted by Crippen LogP contribution is 2.06. The van der Waals surface area contributed by atoms with E-state index < -0.39 is 0 Å². The Labute approximate surface area is 80.8 Å². The van der Waals surface area contributed by atoms with Gasteiger partial charge in [0.05, 0.1) is 0 Å². The topological polar surface area (TPSA) is 17.1 Å². The second-order valence-electron chi connectivity index (χ2n) is 3.18. The number of rotatable bonds is 6. The van der Waals surface area contributed by atoms with E-state index in [-0.39, 0.29) is 0 Å². The van der Waals surface area contributed by atoms with E-state index in [2.05, 4.69) is 19.6 Å². The molecule has 1 heteroatoms. The fourth-order valence-electron chi connectivity index (χ4n) is 0.962. The summed E-state index contributed by atoms with van der Waals surface area (Å²) in [6.45, 7) is 7.59. The second-order valence-corrected chi connectivity index (χ2v) is 3.18. The van der Waals surface area contributed by atoms with Crippen molar-refractivity contribution < 1.29 is 4.79 Å². The van der Waals surface area contributed by atoms with E-state index in [1.807, 2.05) is 19.1 Å². The van der Waals surface area contributed by atoms with Crippen LogP contribution in [0, 0.1) is 0 Å². The number of aldehydes is 1. The maximum absolute atomic E-state index is 10.3. The van der Waals surface area contributed by atoms with Crippen molar-refractivity contribution in [1.82, 2.24) is 0 Å². The zero-order chi connectivity index (χ0) is 10.1. The first-order valence-electron chi connectivity index (χ1n) is 4.59. The van der Waals surface area contributed by atoms with E-state index >= 15 is 0 Å². The zero-order valence-electron chi connectivity index (χ0n) is 8.55. The Morgan fingerprint density at radius 1 is 1.31 bits per heavy atom. The van der Waals surface area contributed by atoms with Gasteiger partial charge in [-0.2, -0.15) is 0 Å². The van der Waals surface area contributed by atoms with Gasteiger partial charge in [-0.25, -0.2) is 0 Å². The van der Waals surface area contributed by atoms with Crippen LogP contribution in [0.1, 0.15) is 33.1 Å². The van der Waals surface area contributed by atoms with E-state index in [9.17, 15) is 4.79 Å². The van der Waals surface area contributed by atoms with Crippen molar-refractivity contribution in [2.24, 2.45) is 0 Å². The fraction of sp³-hybridized carbons (Fsp3) is 0.417. The molecule has 0 atom stereocenters. The molecule has 0 saturated carbocycles. The molecule has 0 aromatic rings. The molecule has 0 rings (SSSR count). The molecular weight excluding hydrogens is 160 g/mol. The summed E-state index contributed by atoms with van der Waals surface area (Å²) in [5.74, 6) is 0. The summed E-state index contributed by atoms with van der Waals surface area (Å²) in [5.41, 5.74) is 2.17. The molecule has 72 valence electrons. The summed E-state index contributed by atoms with van der Waals surface area (Å²) < 4.78 is 0. The van der Waals surface area contributed by atoms with Crippen molar-refractivity contribution >= 4 is 6.29 Å². The average Bonchev–Trinajstić information content (AvgIpc) is 2.14. The Kier molecular flexibility index (Phi) is 6.89. The molecule has 0 bridgehead atoms. The zero-order valence-corrected chi connectivity index (χ0v) is 8.55. The molecule has 0 aliphatic carbocycles. The van der Waals surface area contributed by atoms with Gasteiger partial charge in [-0.1, -0.05) is 23.8 Å². The Balaban J connectivity index is 3.75. The number of allylic oxidation sites excluding steroid dienone is 5. The highest BCUT2D eigenvalue weighted by molar-refractivity contribution is 5.71. The third-order valence-electron chi connectivity index (χ3n) is 1.82. The van der Waals surface area contributed by atoms with Crippen LogP contribution < -0.4 is 0 Å². The van der Waals surface area contributed by atoms with Crippen molar-refractivity contribution in [3.63, 3.8) is 0 Å². The third-order valence-corrected chi connectivity index (χ3v) is 1.82. The minimum Gasteiger partial charge on any atom is -0.298 e. The average molecular weight is 178 g/mol. The van der Waals surface area contributed by atoms with Gasteiger partial charge < -0.3 is 0 Å². The smallest absolute Gasteiger partial charge is 0.145 e. The third kappa shape index (κ3) is 7.26. The van der Waals surface area contributed by atoms with E-state index in [1.54, 1.807) is 0 Å². The van der Waals surface area contributed by atoms with Gasteiger partial charge in [-0.15, -0.1) is 6.58 Å². The first kappa shape index (κ1) is 11.9. The molecule has 0 aliphatic heterocycles. The highest BCUT2D eigenvalue weighted by atomic mass is 16.1. The van der Waals surface area contributed by atoms with Crippen LogP contribution in [-0.4, -0.2) is 6.29 Å². The summed E-state index contributed by atoms with van der Waals surface area (Å²) in [6, 6.07) is 0. The van der Waals surface area contributed by atoms with Gasteiger partial charge in [0.1, 0.15) is 6.29 Å². The van der Waals surface area contributed by atoms with Crippen LogP contribution in [0.2, 0.25) is 0 Å². The quantitative estimate of drug-likeness (QED) is 0.346. The summed E-state index contributed by atoms with van der Waals surface area (Å²) in [6.07, 6.45) is 9.82.